The molecule has 0 bridgehead atoms. The number of thiophene rings is 1. The fourth-order valence-electron chi connectivity index (χ4n) is 1.67. The van der Waals surface area contributed by atoms with Crippen molar-refractivity contribution in [2.24, 2.45) is 0 Å². The second-order valence-corrected chi connectivity index (χ2v) is 6.38. The number of halogens is 1. The van der Waals surface area contributed by atoms with Crippen LogP contribution >= 0.6 is 23.1 Å². The van der Waals surface area contributed by atoms with Gasteiger partial charge in [-0.15, -0.1) is 11.8 Å². The van der Waals surface area contributed by atoms with Gasteiger partial charge in [-0.25, -0.2) is 4.39 Å². The molecule has 0 saturated carbocycles. The van der Waals surface area contributed by atoms with Gasteiger partial charge in [-0.1, -0.05) is 0 Å². The molecule has 2 rings (SSSR count). The van der Waals surface area contributed by atoms with Gasteiger partial charge >= 0.3 is 0 Å². The van der Waals surface area contributed by atoms with Gasteiger partial charge in [0.1, 0.15) is 5.82 Å². The highest BCUT2D eigenvalue weighted by molar-refractivity contribution is 7.99. The van der Waals surface area contributed by atoms with Crippen LogP contribution < -0.4 is 5.32 Å². The van der Waals surface area contributed by atoms with Crippen LogP contribution in [0.3, 0.4) is 0 Å². The van der Waals surface area contributed by atoms with Crippen LogP contribution in [0.5, 0.6) is 0 Å². The molecule has 1 heterocycles. The Labute approximate surface area is 131 Å². The van der Waals surface area contributed by atoms with Crippen molar-refractivity contribution in [3.8, 4) is 0 Å². The predicted molar refractivity (Wildman–Crippen MR) is 84.0 cm³/mol. The van der Waals surface area contributed by atoms with E-state index in [1.807, 2.05) is 16.8 Å². The zero-order valence-electron chi connectivity index (χ0n) is 11.3. The maximum atomic E-state index is 12.7. The van der Waals surface area contributed by atoms with E-state index in [9.17, 15) is 14.3 Å². The molecule has 0 radical (unpaired) electrons. The molecule has 6 heteroatoms. The lowest BCUT2D eigenvalue weighted by Gasteiger charge is -2.10. The molecule has 1 amide bonds. The van der Waals surface area contributed by atoms with Crippen LogP contribution in [0.25, 0.3) is 0 Å². The van der Waals surface area contributed by atoms with Crippen LogP contribution in [0.2, 0.25) is 0 Å². The minimum Gasteiger partial charge on any atom is -0.387 e. The monoisotopic (exact) mass is 325 g/mol. The number of aliphatic hydroxyl groups is 1. The molecule has 1 unspecified atom stereocenters. The zero-order valence-corrected chi connectivity index (χ0v) is 12.9. The molecule has 0 fully saturated rings. The molecule has 2 N–H and O–H groups in total. The molecule has 0 aliphatic rings. The Kier molecular flexibility index (Phi) is 6.22. The standard InChI is InChI=1S/C15H16FNO2S2/c16-12-1-3-13(4-2-12)21-8-6-15(19)17-9-14(18)11-5-7-20-10-11/h1-5,7,10,14,18H,6,8-9H2,(H,17,19). The van der Waals surface area contributed by atoms with E-state index in [-0.39, 0.29) is 18.3 Å². The Morgan fingerprint density at radius 1 is 1.33 bits per heavy atom. The van der Waals surface area contributed by atoms with Gasteiger partial charge < -0.3 is 10.4 Å². The van der Waals surface area contributed by atoms with E-state index in [0.717, 1.165) is 10.5 Å². The third-order valence-electron chi connectivity index (χ3n) is 2.83. The Morgan fingerprint density at radius 2 is 2.10 bits per heavy atom. The topological polar surface area (TPSA) is 49.3 Å². The normalized spacial score (nSPS) is 12.1. The first-order valence-corrected chi connectivity index (χ1v) is 8.43. The first-order valence-electron chi connectivity index (χ1n) is 6.50. The number of hydrogen-bond acceptors (Lipinski definition) is 4. The predicted octanol–water partition coefficient (Wildman–Crippen LogP) is 3.22. The van der Waals surface area contributed by atoms with Gasteiger partial charge in [0.2, 0.25) is 5.91 Å². The van der Waals surface area contributed by atoms with E-state index in [1.54, 1.807) is 12.1 Å². The second kappa shape index (κ2) is 8.17. The Morgan fingerprint density at radius 3 is 2.76 bits per heavy atom. The molecule has 1 aromatic heterocycles. The first kappa shape index (κ1) is 16.0. The fraction of sp³-hybridized carbons (Fsp3) is 0.267. The lowest BCUT2D eigenvalue weighted by atomic mass is 10.2. The number of rotatable bonds is 7. The smallest absolute Gasteiger partial charge is 0.220 e. The van der Waals surface area contributed by atoms with Crippen LogP contribution in [0.1, 0.15) is 18.1 Å². The van der Waals surface area contributed by atoms with E-state index in [1.165, 1.54) is 35.2 Å². The number of carbonyl (C=O) groups is 1. The van der Waals surface area contributed by atoms with Crippen molar-refractivity contribution in [1.29, 1.82) is 0 Å². The van der Waals surface area contributed by atoms with Gasteiger partial charge in [0.15, 0.2) is 0 Å². The largest absolute Gasteiger partial charge is 0.387 e. The molecule has 0 saturated heterocycles. The summed E-state index contributed by atoms with van der Waals surface area (Å²) in [5.41, 5.74) is 0.820. The van der Waals surface area contributed by atoms with Gasteiger partial charge in [0.25, 0.3) is 0 Å². The van der Waals surface area contributed by atoms with E-state index in [4.69, 9.17) is 0 Å². The maximum Gasteiger partial charge on any atom is 0.220 e. The number of hydrogen-bond donors (Lipinski definition) is 2. The summed E-state index contributed by atoms with van der Waals surface area (Å²) in [5.74, 6) is 0.254. The third kappa shape index (κ3) is 5.49. The summed E-state index contributed by atoms with van der Waals surface area (Å²) >= 11 is 3.01. The third-order valence-corrected chi connectivity index (χ3v) is 4.55. The van der Waals surface area contributed by atoms with E-state index < -0.39 is 6.10 Å². The molecule has 2 aromatic rings. The first-order chi connectivity index (χ1) is 10.1. The summed E-state index contributed by atoms with van der Waals surface area (Å²) in [5, 5.41) is 16.3. The van der Waals surface area contributed by atoms with Crippen molar-refractivity contribution in [3.63, 3.8) is 0 Å². The Hall–Kier alpha value is -1.37. The lowest BCUT2D eigenvalue weighted by Crippen LogP contribution is -2.28. The number of nitrogens with one attached hydrogen (secondary N) is 1. The quantitative estimate of drug-likeness (QED) is 0.769. The number of thioether (sulfide) groups is 1. The van der Waals surface area contributed by atoms with Gasteiger partial charge in [-0.05, 0) is 46.7 Å². The zero-order chi connectivity index (χ0) is 15.1. The van der Waals surface area contributed by atoms with Crippen molar-refractivity contribution in [1.82, 2.24) is 5.32 Å². The molecule has 0 spiro atoms. The molecule has 1 aromatic carbocycles. The minimum absolute atomic E-state index is 0.0982. The summed E-state index contributed by atoms with van der Waals surface area (Å²) < 4.78 is 12.7. The summed E-state index contributed by atoms with van der Waals surface area (Å²) in [6, 6.07) is 8.03. The number of amides is 1. The molecule has 0 aliphatic carbocycles. The van der Waals surface area contributed by atoms with Crippen LogP contribution in [0.15, 0.2) is 46.0 Å². The summed E-state index contributed by atoms with van der Waals surface area (Å²) in [4.78, 5) is 12.6. The SMILES string of the molecule is O=C(CCSc1ccc(F)cc1)NCC(O)c1ccsc1. The number of aliphatic hydroxyl groups excluding tert-OH is 1. The Bertz CT molecular complexity index is 558. The summed E-state index contributed by atoms with van der Waals surface area (Å²) in [7, 11) is 0. The molecular formula is C15H16FNO2S2. The molecular weight excluding hydrogens is 309 g/mol. The second-order valence-electron chi connectivity index (χ2n) is 4.43. The van der Waals surface area contributed by atoms with Gasteiger partial charge in [-0.2, -0.15) is 11.3 Å². The van der Waals surface area contributed by atoms with Gasteiger partial charge in [-0.3, -0.25) is 4.79 Å². The van der Waals surface area contributed by atoms with Crippen molar-refractivity contribution in [2.75, 3.05) is 12.3 Å². The van der Waals surface area contributed by atoms with Crippen LogP contribution in [-0.2, 0) is 4.79 Å². The van der Waals surface area contributed by atoms with Crippen LogP contribution in [-0.4, -0.2) is 23.3 Å². The average Bonchev–Trinajstić information content (AvgIpc) is 3.01. The average molecular weight is 325 g/mol. The van der Waals surface area contributed by atoms with Crippen LogP contribution in [0, 0.1) is 5.82 Å². The van der Waals surface area contributed by atoms with E-state index in [2.05, 4.69) is 5.32 Å². The molecule has 21 heavy (non-hydrogen) atoms. The lowest BCUT2D eigenvalue weighted by molar-refractivity contribution is -0.121. The minimum atomic E-state index is -0.662. The van der Waals surface area contributed by atoms with Crippen molar-refractivity contribution in [3.05, 3.63) is 52.5 Å². The summed E-state index contributed by atoms with van der Waals surface area (Å²) in [6.45, 7) is 0.219. The maximum absolute atomic E-state index is 12.7. The summed E-state index contributed by atoms with van der Waals surface area (Å²) in [6.07, 6.45) is -0.303. The van der Waals surface area contributed by atoms with E-state index >= 15 is 0 Å². The van der Waals surface area contributed by atoms with Gasteiger partial charge in [0.05, 0.1) is 6.10 Å². The van der Waals surface area contributed by atoms with Crippen LogP contribution in [0.4, 0.5) is 4.39 Å². The van der Waals surface area contributed by atoms with Crippen molar-refractivity contribution >= 4 is 29.0 Å². The molecule has 112 valence electrons. The van der Waals surface area contributed by atoms with E-state index in [0.29, 0.717) is 12.2 Å². The van der Waals surface area contributed by atoms with Crippen molar-refractivity contribution < 1.29 is 14.3 Å². The van der Waals surface area contributed by atoms with Crippen molar-refractivity contribution in [2.45, 2.75) is 17.4 Å². The Balaban J connectivity index is 1.64. The molecule has 1 atom stereocenters. The highest BCUT2D eigenvalue weighted by atomic mass is 32.2. The molecule has 3 nitrogen and oxygen atoms in total. The highest BCUT2D eigenvalue weighted by Crippen LogP contribution is 2.19. The highest BCUT2D eigenvalue weighted by Gasteiger charge is 2.09. The molecule has 0 aliphatic heterocycles. The number of benzene rings is 1. The fourth-order valence-corrected chi connectivity index (χ4v) is 3.23. The van der Waals surface area contributed by atoms with Gasteiger partial charge in [0, 0.05) is 23.6 Å². The number of carbonyl (C=O) groups excluding carboxylic acids is 1.